The number of benzene rings is 1. The number of ether oxygens (including phenoxy) is 1. The zero-order valence-corrected chi connectivity index (χ0v) is 14.0. The van der Waals surface area contributed by atoms with Crippen LogP contribution in [0.3, 0.4) is 0 Å². The molecule has 2 saturated heterocycles. The van der Waals surface area contributed by atoms with Crippen molar-refractivity contribution >= 4 is 16.9 Å². The molecule has 0 spiro atoms. The minimum Gasteiger partial charge on any atom is -0.508 e. The molecule has 0 saturated carbocycles. The number of hydrogen-bond acceptors (Lipinski definition) is 6. The van der Waals surface area contributed by atoms with Gasteiger partial charge in [-0.1, -0.05) is 12.1 Å². The van der Waals surface area contributed by atoms with Crippen LogP contribution < -0.4 is 4.90 Å². The Morgan fingerprint density at radius 2 is 1.96 bits per heavy atom. The van der Waals surface area contributed by atoms with Gasteiger partial charge in [0.05, 0.1) is 23.8 Å². The molecule has 2 atom stereocenters. The molecule has 2 aliphatic heterocycles. The molecular formula is C18H19N5O2. The van der Waals surface area contributed by atoms with E-state index in [2.05, 4.69) is 15.0 Å². The van der Waals surface area contributed by atoms with Crippen LogP contribution in [-0.2, 0) is 11.8 Å². The Balaban J connectivity index is 1.66. The van der Waals surface area contributed by atoms with Gasteiger partial charge in [-0.2, -0.15) is 5.10 Å². The van der Waals surface area contributed by atoms with Crippen LogP contribution >= 0.6 is 0 Å². The predicted molar refractivity (Wildman–Crippen MR) is 93.5 cm³/mol. The first-order chi connectivity index (χ1) is 12.2. The number of anilines is 1. The molecule has 0 radical (unpaired) electrons. The third-order valence-electron chi connectivity index (χ3n) is 5.02. The van der Waals surface area contributed by atoms with Crippen LogP contribution in [0.15, 0.2) is 30.5 Å². The lowest BCUT2D eigenvalue weighted by molar-refractivity contribution is 0.0303. The normalized spacial score (nSPS) is 22.7. The summed E-state index contributed by atoms with van der Waals surface area (Å²) in [7, 11) is 1.88. The Morgan fingerprint density at radius 3 is 2.72 bits per heavy atom. The first kappa shape index (κ1) is 14.7. The Labute approximate surface area is 144 Å². The van der Waals surface area contributed by atoms with E-state index in [1.165, 1.54) is 0 Å². The topological polar surface area (TPSA) is 76.3 Å². The average Bonchev–Trinajstić information content (AvgIpc) is 3.16. The Bertz CT molecular complexity index is 942. The molecule has 2 bridgehead atoms. The Morgan fingerprint density at radius 1 is 1.16 bits per heavy atom. The molecule has 7 nitrogen and oxygen atoms in total. The molecule has 2 aromatic heterocycles. The monoisotopic (exact) mass is 337 g/mol. The zero-order valence-electron chi connectivity index (χ0n) is 14.0. The van der Waals surface area contributed by atoms with Gasteiger partial charge >= 0.3 is 0 Å². The van der Waals surface area contributed by atoms with Crippen molar-refractivity contribution in [2.75, 3.05) is 18.0 Å². The lowest BCUT2D eigenvalue weighted by atomic mass is 10.2. The van der Waals surface area contributed by atoms with E-state index in [-0.39, 0.29) is 18.0 Å². The van der Waals surface area contributed by atoms with Crippen LogP contribution in [0.5, 0.6) is 5.75 Å². The average molecular weight is 337 g/mol. The number of nitrogens with zero attached hydrogens (tertiary/aromatic N) is 5. The molecule has 128 valence electrons. The summed E-state index contributed by atoms with van der Waals surface area (Å²) in [4.78, 5) is 11.8. The number of aromatic nitrogens is 4. The van der Waals surface area contributed by atoms with Gasteiger partial charge in [0, 0.05) is 25.7 Å². The second-order valence-electron chi connectivity index (χ2n) is 6.79. The molecule has 7 heteroatoms. The molecule has 0 aliphatic carbocycles. The first-order valence-corrected chi connectivity index (χ1v) is 8.57. The van der Waals surface area contributed by atoms with Gasteiger partial charge in [-0.15, -0.1) is 0 Å². The van der Waals surface area contributed by atoms with E-state index in [0.29, 0.717) is 5.82 Å². The summed E-state index contributed by atoms with van der Waals surface area (Å²) >= 11 is 0. The summed E-state index contributed by atoms with van der Waals surface area (Å²) in [6.07, 6.45) is 4.62. The van der Waals surface area contributed by atoms with E-state index in [1.54, 1.807) is 22.9 Å². The largest absolute Gasteiger partial charge is 0.508 e. The van der Waals surface area contributed by atoms with E-state index < -0.39 is 0 Å². The van der Waals surface area contributed by atoms with Gasteiger partial charge in [0.1, 0.15) is 11.6 Å². The SMILES string of the molecule is Cn1ncc2c(N3CC4CCC(C3)O4)nc(-c3cccc(O)c3)nc21. The second kappa shape index (κ2) is 5.42. The molecule has 1 aromatic carbocycles. The van der Waals surface area contributed by atoms with E-state index in [4.69, 9.17) is 9.72 Å². The number of phenols is 1. The summed E-state index contributed by atoms with van der Waals surface area (Å²) in [5.41, 5.74) is 1.59. The minimum atomic E-state index is 0.206. The van der Waals surface area contributed by atoms with Crippen LogP contribution in [-0.4, -0.2) is 50.2 Å². The summed E-state index contributed by atoms with van der Waals surface area (Å²) in [6, 6.07) is 7.04. The van der Waals surface area contributed by atoms with Crippen molar-refractivity contribution in [1.29, 1.82) is 0 Å². The molecule has 4 heterocycles. The van der Waals surface area contributed by atoms with Crippen molar-refractivity contribution in [1.82, 2.24) is 19.7 Å². The number of morpholine rings is 1. The first-order valence-electron chi connectivity index (χ1n) is 8.57. The number of aryl methyl sites for hydroxylation is 1. The lowest BCUT2D eigenvalue weighted by Crippen LogP contribution is -2.43. The highest BCUT2D eigenvalue weighted by Gasteiger charge is 2.35. The lowest BCUT2D eigenvalue weighted by Gasteiger charge is -2.33. The fourth-order valence-electron chi connectivity index (χ4n) is 3.81. The Kier molecular flexibility index (Phi) is 3.18. The summed E-state index contributed by atoms with van der Waals surface area (Å²) in [5, 5.41) is 15.1. The molecule has 25 heavy (non-hydrogen) atoms. The summed E-state index contributed by atoms with van der Waals surface area (Å²) < 4.78 is 7.72. The molecule has 2 unspecified atom stereocenters. The fourth-order valence-corrected chi connectivity index (χ4v) is 3.81. The molecule has 5 rings (SSSR count). The van der Waals surface area contributed by atoms with E-state index in [9.17, 15) is 5.11 Å². The zero-order chi connectivity index (χ0) is 17.0. The summed E-state index contributed by atoms with van der Waals surface area (Å²) in [6.45, 7) is 1.69. The van der Waals surface area contributed by atoms with Crippen LogP contribution in [0, 0.1) is 0 Å². The predicted octanol–water partition coefficient (Wildman–Crippen LogP) is 2.10. The van der Waals surface area contributed by atoms with Gasteiger partial charge in [-0.25, -0.2) is 9.97 Å². The smallest absolute Gasteiger partial charge is 0.164 e. The van der Waals surface area contributed by atoms with Gasteiger partial charge in [0.2, 0.25) is 0 Å². The number of phenolic OH excluding ortho intramolecular Hbond substituents is 1. The maximum absolute atomic E-state index is 9.80. The molecule has 1 N–H and O–H groups in total. The molecular weight excluding hydrogens is 318 g/mol. The highest BCUT2D eigenvalue weighted by molar-refractivity contribution is 5.88. The van der Waals surface area contributed by atoms with Crippen LogP contribution in [0.25, 0.3) is 22.4 Å². The van der Waals surface area contributed by atoms with Crippen molar-refractivity contribution in [3.63, 3.8) is 0 Å². The van der Waals surface area contributed by atoms with Gasteiger partial charge in [0.25, 0.3) is 0 Å². The van der Waals surface area contributed by atoms with Gasteiger partial charge in [-0.05, 0) is 25.0 Å². The van der Waals surface area contributed by atoms with Crippen molar-refractivity contribution in [3.05, 3.63) is 30.5 Å². The third-order valence-corrected chi connectivity index (χ3v) is 5.02. The summed E-state index contributed by atoms with van der Waals surface area (Å²) in [5.74, 6) is 1.70. The Hall–Kier alpha value is -2.67. The third kappa shape index (κ3) is 2.42. The number of hydrogen-bond donors (Lipinski definition) is 1. The van der Waals surface area contributed by atoms with E-state index in [0.717, 1.165) is 48.3 Å². The van der Waals surface area contributed by atoms with Gasteiger partial charge < -0.3 is 14.7 Å². The standard InChI is InChI=1S/C18H19N5O2/c1-22-17-15(8-19-22)18(23-9-13-5-6-14(10-23)25-13)21-16(20-17)11-3-2-4-12(24)7-11/h2-4,7-8,13-14,24H,5-6,9-10H2,1H3. The van der Waals surface area contributed by atoms with Gasteiger partial charge in [-0.3, -0.25) is 4.68 Å². The minimum absolute atomic E-state index is 0.206. The number of aromatic hydroxyl groups is 1. The van der Waals surface area contributed by atoms with Crippen LogP contribution in [0.4, 0.5) is 5.82 Å². The molecule has 2 aliphatic rings. The van der Waals surface area contributed by atoms with Gasteiger partial charge in [0.15, 0.2) is 11.5 Å². The van der Waals surface area contributed by atoms with Crippen molar-refractivity contribution < 1.29 is 9.84 Å². The molecule has 2 fully saturated rings. The quantitative estimate of drug-likeness (QED) is 0.772. The number of rotatable bonds is 2. The van der Waals surface area contributed by atoms with Crippen molar-refractivity contribution in [2.24, 2.45) is 7.05 Å². The fraction of sp³-hybridized carbons (Fsp3) is 0.389. The highest BCUT2D eigenvalue weighted by Crippen LogP contribution is 2.33. The highest BCUT2D eigenvalue weighted by atomic mass is 16.5. The van der Waals surface area contributed by atoms with Crippen LogP contribution in [0.2, 0.25) is 0 Å². The maximum Gasteiger partial charge on any atom is 0.164 e. The van der Waals surface area contributed by atoms with Crippen molar-refractivity contribution in [2.45, 2.75) is 25.0 Å². The maximum atomic E-state index is 9.80. The molecule has 3 aromatic rings. The molecule has 0 amide bonds. The van der Waals surface area contributed by atoms with E-state index in [1.807, 2.05) is 19.3 Å². The van der Waals surface area contributed by atoms with Crippen molar-refractivity contribution in [3.8, 4) is 17.1 Å². The van der Waals surface area contributed by atoms with E-state index >= 15 is 0 Å². The van der Waals surface area contributed by atoms with Crippen LogP contribution in [0.1, 0.15) is 12.8 Å². The number of fused-ring (bicyclic) bond motifs is 3. The second-order valence-corrected chi connectivity index (χ2v) is 6.79.